The summed E-state index contributed by atoms with van der Waals surface area (Å²) in [7, 11) is 0. The second-order valence-electron chi connectivity index (χ2n) is 4.49. The van der Waals surface area contributed by atoms with Crippen molar-refractivity contribution < 1.29 is 4.79 Å². The lowest BCUT2D eigenvalue weighted by molar-refractivity contribution is -0.114. The fourth-order valence-electron chi connectivity index (χ4n) is 2.19. The fourth-order valence-corrected chi connectivity index (χ4v) is 2.89. The van der Waals surface area contributed by atoms with Crippen LogP contribution in [0.3, 0.4) is 0 Å². The molecule has 0 N–H and O–H groups in total. The first kappa shape index (κ1) is 13.6. The van der Waals surface area contributed by atoms with Gasteiger partial charge in [-0.15, -0.1) is 11.3 Å². The van der Waals surface area contributed by atoms with Gasteiger partial charge in [0.15, 0.2) is 4.96 Å². The van der Waals surface area contributed by atoms with Crippen molar-refractivity contribution in [1.29, 1.82) is 0 Å². The van der Waals surface area contributed by atoms with Crippen molar-refractivity contribution in [2.24, 2.45) is 0 Å². The van der Waals surface area contributed by atoms with Gasteiger partial charge in [0.25, 0.3) is 5.91 Å². The van der Waals surface area contributed by atoms with E-state index in [2.05, 4.69) is 4.98 Å². The van der Waals surface area contributed by atoms with Gasteiger partial charge < -0.3 is 4.90 Å². The van der Waals surface area contributed by atoms with Crippen molar-refractivity contribution in [2.45, 2.75) is 6.92 Å². The van der Waals surface area contributed by atoms with Crippen LogP contribution >= 0.6 is 11.3 Å². The van der Waals surface area contributed by atoms with Crippen LogP contribution in [0.15, 0.2) is 54.2 Å². The standard InChI is InChI=1S/C16H15N3OS/c1-2-18(13-6-4-3-5-7-13)15(20)9-8-14-12-17-16-19(14)10-11-21-16/h3-12H,2H2,1H3/b9-8+. The number of benzene rings is 1. The van der Waals surface area contributed by atoms with E-state index < -0.39 is 0 Å². The van der Waals surface area contributed by atoms with Gasteiger partial charge in [0.1, 0.15) is 0 Å². The lowest BCUT2D eigenvalue weighted by atomic mass is 10.2. The highest BCUT2D eigenvalue weighted by molar-refractivity contribution is 7.15. The van der Waals surface area contributed by atoms with Crippen LogP contribution in [0.5, 0.6) is 0 Å². The molecule has 2 aromatic heterocycles. The molecule has 21 heavy (non-hydrogen) atoms. The van der Waals surface area contributed by atoms with Crippen molar-refractivity contribution in [1.82, 2.24) is 9.38 Å². The van der Waals surface area contributed by atoms with Gasteiger partial charge in [-0.25, -0.2) is 4.98 Å². The molecule has 0 saturated carbocycles. The number of imidazole rings is 1. The molecule has 0 atom stereocenters. The summed E-state index contributed by atoms with van der Waals surface area (Å²) < 4.78 is 1.97. The monoisotopic (exact) mass is 297 g/mol. The smallest absolute Gasteiger partial charge is 0.251 e. The van der Waals surface area contributed by atoms with Gasteiger partial charge in [-0.05, 0) is 25.1 Å². The molecule has 0 aliphatic carbocycles. The summed E-state index contributed by atoms with van der Waals surface area (Å²) in [5, 5.41) is 1.98. The minimum absolute atomic E-state index is 0.0334. The number of aromatic nitrogens is 2. The Bertz CT molecular complexity index is 773. The molecule has 0 saturated heterocycles. The number of nitrogens with zero attached hydrogens (tertiary/aromatic N) is 3. The van der Waals surface area contributed by atoms with Crippen LogP contribution in [0.25, 0.3) is 11.0 Å². The molecular weight excluding hydrogens is 282 g/mol. The number of carbonyl (C=O) groups excluding carboxylic acids is 1. The number of fused-ring (bicyclic) bond motifs is 1. The fraction of sp³-hybridized carbons (Fsp3) is 0.125. The van der Waals surface area contributed by atoms with Crippen molar-refractivity contribution in [3.8, 4) is 0 Å². The van der Waals surface area contributed by atoms with Gasteiger partial charge in [-0.1, -0.05) is 18.2 Å². The number of likely N-dealkylation sites (N-methyl/N-ethyl adjacent to an activating group) is 1. The van der Waals surface area contributed by atoms with Crippen LogP contribution in [0.2, 0.25) is 0 Å². The number of anilines is 1. The minimum atomic E-state index is -0.0334. The zero-order valence-corrected chi connectivity index (χ0v) is 12.5. The molecule has 0 aliphatic rings. The molecule has 3 aromatic rings. The van der Waals surface area contributed by atoms with E-state index in [1.807, 2.05) is 53.2 Å². The maximum atomic E-state index is 12.4. The van der Waals surface area contributed by atoms with E-state index >= 15 is 0 Å². The lowest BCUT2D eigenvalue weighted by Crippen LogP contribution is -2.28. The molecule has 3 rings (SSSR count). The van der Waals surface area contributed by atoms with Crippen LogP contribution in [-0.2, 0) is 4.79 Å². The zero-order valence-electron chi connectivity index (χ0n) is 11.6. The maximum Gasteiger partial charge on any atom is 0.251 e. The van der Waals surface area contributed by atoms with E-state index in [1.165, 1.54) is 0 Å². The second-order valence-corrected chi connectivity index (χ2v) is 5.36. The third-order valence-corrected chi connectivity index (χ3v) is 3.99. The van der Waals surface area contributed by atoms with E-state index in [1.54, 1.807) is 34.6 Å². The number of hydrogen-bond acceptors (Lipinski definition) is 3. The summed E-state index contributed by atoms with van der Waals surface area (Å²) >= 11 is 1.57. The Kier molecular flexibility index (Phi) is 3.83. The predicted octanol–water partition coefficient (Wildman–Crippen LogP) is 3.46. The molecule has 5 heteroatoms. The normalized spacial score (nSPS) is 11.3. The molecule has 0 bridgehead atoms. The maximum absolute atomic E-state index is 12.4. The average Bonchev–Trinajstić information content (AvgIpc) is 3.10. The number of para-hydroxylation sites is 1. The van der Waals surface area contributed by atoms with Crippen molar-refractivity contribution in [2.75, 3.05) is 11.4 Å². The van der Waals surface area contributed by atoms with E-state index in [4.69, 9.17) is 0 Å². The molecule has 1 aromatic carbocycles. The third-order valence-electron chi connectivity index (χ3n) is 3.22. The molecule has 0 spiro atoms. The Labute approximate surface area is 127 Å². The lowest BCUT2D eigenvalue weighted by Gasteiger charge is -2.18. The summed E-state index contributed by atoms with van der Waals surface area (Å²) in [5.74, 6) is -0.0334. The molecule has 0 fully saturated rings. The van der Waals surface area contributed by atoms with Gasteiger partial charge in [0.05, 0.1) is 11.9 Å². The van der Waals surface area contributed by atoms with Crippen molar-refractivity contribution in [3.63, 3.8) is 0 Å². The Morgan fingerprint density at radius 3 is 2.95 bits per heavy atom. The van der Waals surface area contributed by atoms with Gasteiger partial charge in [0, 0.05) is 29.9 Å². The summed E-state index contributed by atoms with van der Waals surface area (Å²) in [6.07, 6.45) is 7.12. The van der Waals surface area contributed by atoms with Crippen LogP contribution < -0.4 is 4.90 Å². The highest BCUT2D eigenvalue weighted by Gasteiger charge is 2.10. The average molecular weight is 297 g/mol. The summed E-state index contributed by atoms with van der Waals surface area (Å²) in [6.45, 7) is 2.60. The molecule has 2 heterocycles. The Morgan fingerprint density at radius 2 is 2.19 bits per heavy atom. The van der Waals surface area contributed by atoms with Gasteiger partial charge in [-0.3, -0.25) is 9.20 Å². The number of thiazole rings is 1. The van der Waals surface area contributed by atoms with E-state index in [-0.39, 0.29) is 5.91 Å². The van der Waals surface area contributed by atoms with Crippen LogP contribution in [0.1, 0.15) is 12.6 Å². The van der Waals surface area contributed by atoms with Gasteiger partial charge in [0.2, 0.25) is 0 Å². The number of rotatable bonds is 4. The van der Waals surface area contributed by atoms with Gasteiger partial charge >= 0.3 is 0 Å². The van der Waals surface area contributed by atoms with Crippen molar-refractivity contribution in [3.05, 3.63) is 59.9 Å². The molecule has 0 aliphatic heterocycles. The summed E-state index contributed by atoms with van der Waals surface area (Å²) in [5.41, 5.74) is 1.81. The SMILES string of the molecule is CCN(C(=O)/C=C/c1cnc2sccn12)c1ccccc1. The predicted molar refractivity (Wildman–Crippen MR) is 86.6 cm³/mol. The minimum Gasteiger partial charge on any atom is -0.309 e. The van der Waals surface area contributed by atoms with Crippen molar-refractivity contribution >= 4 is 34.0 Å². The first-order valence-electron chi connectivity index (χ1n) is 6.75. The molecule has 106 valence electrons. The Hall–Kier alpha value is -2.40. The molecule has 4 nitrogen and oxygen atoms in total. The second kappa shape index (κ2) is 5.93. The topological polar surface area (TPSA) is 37.6 Å². The number of carbonyl (C=O) groups is 1. The number of hydrogen-bond donors (Lipinski definition) is 0. The molecule has 0 unspecified atom stereocenters. The molecule has 0 radical (unpaired) electrons. The molecule has 1 amide bonds. The largest absolute Gasteiger partial charge is 0.309 e. The highest BCUT2D eigenvalue weighted by Crippen LogP contribution is 2.16. The van der Waals surface area contributed by atoms with E-state index in [0.717, 1.165) is 16.3 Å². The first-order chi connectivity index (χ1) is 10.3. The molecular formula is C16H15N3OS. The highest BCUT2D eigenvalue weighted by atomic mass is 32.1. The van der Waals surface area contributed by atoms with E-state index in [9.17, 15) is 4.79 Å². The number of amides is 1. The van der Waals surface area contributed by atoms with Crippen LogP contribution in [0.4, 0.5) is 5.69 Å². The quantitative estimate of drug-likeness (QED) is 0.692. The summed E-state index contributed by atoms with van der Waals surface area (Å²) in [4.78, 5) is 19.3. The Morgan fingerprint density at radius 1 is 1.38 bits per heavy atom. The van der Waals surface area contributed by atoms with E-state index in [0.29, 0.717) is 6.54 Å². The van der Waals surface area contributed by atoms with Crippen LogP contribution in [-0.4, -0.2) is 21.8 Å². The third kappa shape index (κ3) is 2.73. The van der Waals surface area contributed by atoms with Gasteiger partial charge in [-0.2, -0.15) is 0 Å². The Balaban J connectivity index is 1.82. The zero-order chi connectivity index (χ0) is 14.7. The summed E-state index contributed by atoms with van der Waals surface area (Å²) in [6, 6.07) is 9.68. The first-order valence-corrected chi connectivity index (χ1v) is 7.62. The van der Waals surface area contributed by atoms with Crippen LogP contribution in [0, 0.1) is 0 Å².